The number of para-hydroxylation sites is 1. The first-order valence-corrected chi connectivity index (χ1v) is 15.4. The first-order chi connectivity index (χ1) is 19.9. The molecule has 0 saturated heterocycles. The van der Waals surface area contributed by atoms with E-state index in [-0.39, 0.29) is 37.7 Å². The van der Waals surface area contributed by atoms with E-state index in [0.717, 1.165) is 27.6 Å². The molecule has 3 unspecified atom stereocenters. The number of H-pyrrole nitrogens is 1. The zero-order valence-corrected chi connectivity index (χ0v) is 24.5. The fourth-order valence-electron chi connectivity index (χ4n) is 4.57. The minimum atomic E-state index is -2.43. The molecule has 9 heteroatoms. The molecular formula is C32H38N3O5P. The van der Waals surface area contributed by atoms with E-state index in [1.807, 2.05) is 105 Å². The Morgan fingerprint density at radius 3 is 2.17 bits per heavy atom. The zero-order valence-electron chi connectivity index (χ0n) is 23.5. The molecule has 1 aromatic heterocycles. The van der Waals surface area contributed by atoms with E-state index in [4.69, 9.17) is 9.26 Å². The molecule has 3 atom stereocenters. The van der Waals surface area contributed by atoms with E-state index in [2.05, 4.69) is 15.6 Å². The summed E-state index contributed by atoms with van der Waals surface area (Å²) in [6, 6.07) is 25.2. The van der Waals surface area contributed by atoms with Crippen molar-refractivity contribution in [2.75, 3.05) is 6.29 Å². The molecule has 3 N–H and O–H groups in total. The highest BCUT2D eigenvalue weighted by Crippen LogP contribution is 2.24. The van der Waals surface area contributed by atoms with Crippen LogP contribution in [0.25, 0.3) is 10.9 Å². The fourth-order valence-corrected chi connectivity index (χ4v) is 5.41. The Morgan fingerprint density at radius 2 is 1.49 bits per heavy atom. The molecular weight excluding hydrogens is 537 g/mol. The smallest absolute Gasteiger partial charge is 0.329 e. The van der Waals surface area contributed by atoms with Crippen LogP contribution in [0, 0.1) is 5.92 Å². The van der Waals surface area contributed by atoms with Gasteiger partial charge < -0.3 is 19.6 Å². The summed E-state index contributed by atoms with van der Waals surface area (Å²) in [4.78, 5) is 30.1. The van der Waals surface area contributed by atoms with Gasteiger partial charge in [0.25, 0.3) is 0 Å². The predicted octanol–water partition coefficient (Wildman–Crippen LogP) is 5.59. The quantitative estimate of drug-likeness (QED) is 0.126. The van der Waals surface area contributed by atoms with Gasteiger partial charge >= 0.3 is 5.97 Å². The maximum absolute atomic E-state index is 13.5. The average molecular weight is 576 g/mol. The van der Waals surface area contributed by atoms with Gasteiger partial charge in [0.15, 0.2) is 0 Å². The summed E-state index contributed by atoms with van der Waals surface area (Å²) in [7, 11) is -2.43. The molecule has 4 rings (SSSR count). The average Bonchev–Trinajstić information content (AvgIpc) is 3.40. The van der Waals surface area contributed by atoms with Gasteiger partial charge in [0.2, 0.25) is 13.9 Å². The van der Waals surface area contributed by atoms with Crippen LogP contribution in [0.15, 0.2) is 91.1 Å². The van der Waals surface area contributed by atoms with Crippen molar-refractivity contribution in [3.8, 4) is 0 Å². The molecule has 0 bridgehead atoms. The van der Waals surface area contributed by atoms with Gasteiger partial charge in [0, 0.05) is 23.5 Å². The molecule has 0 aliphatic carbocycles. The van der Waals surface area contributed by atoms with Gasteiger partial charge in [-0.2, -0.15) is 0 Å². The molecule has 0 fully saturated rings. The molecule has 1 amide bonds. The van der Waals surface area contributed by atoms with E-state index in [1.54, 1.807) is 0 Å². The lowest BCUT2D eigenvalue weighted by Gasteiger charge is -2.24. The molecule has 0 aliphatic rings. The lowest BCUT2D eigenvalue weighted by Crippen LogP contribution is -2.51. The lowest BCUT2D eigenvalue weighted by atomic mass is 10.0. The molecule has 41 heavy (non-hydrogen) atoms. The van der Waals surface area contributed by atoms with Crippen molar-refractivity contribution in [1.82, 2.24) is 15.6 Å². The van der Waals surface area contributed by atoms with Gasteiger partial charge in [0.1, 0.15) is 12.6 Å². The monoisotopic (exact) mass is 575 g/mol. The molecule has 1 heterocycles. The Labute approximate surface area is 241 Å². The largest absolute Gasteiger partial charge is 0.459 e. The topological polar surface area (TPSA) is 110 Å². The number of aromatic nitrogens is 1. The van der Waals surface area contributed by atoms with Crippen LogP contribution >= 0.6 is 8.03 Å². The standard InChI is InChI=1S/C32H38N3O5P/c1-23(2)17-29(34-22-41(38)40-21-25-13-7-4-8-14-25)31(36)35-30(32(37)39-20-24-11-5-3-6-12-24)18-26-19-33-28-16-10-9-15-27(26)28/h3-16,19,23,29-30,33-34,41H,17-18,20-22H2,1-2H3,(H,35,36). The fraction of sp³-hybridized carbons (Fsp3) is 0.312. The Morgan fingerprint density at radius 1 is 0.854 bits per heavy atom. The third-order valence-electron chi connectivity index (χ3n) is 6.68. The van der Waals surface area contributed by atoms with Gasteiger partial charge in [-0.15, -0.1) is 0 Å². The summed E-state index contributed by atoms with van der Waals surface area (Å²) >= 11 is 0. The summed E-state index contributed by atoms with van der Waals surface area (Å²) in [6.07, 6.45) is 2.66. The number of carbonyl (C=O) groups is 2. The third kappa shape index (κ3) is 9.42. The molecule has 3 aromatic carbocycles. The summed E-state index contributed by atoms with van der Waals surface area (Å²) in [5.41, 5.74) is 3.63. The highest BCUT2D eigenvalue weighted by molar-refractivity contribution is 7.39. The van der Waals surface area contributed by atoms with Crippen LogP contribution in [0.1, 0.15) is 37.0 Å². The van der Waals surface area contributed by atoms with Crippen LogP contribution < -0.4 is 10.6 Å². The zero-order chi connectivity index (χ0) is 29.0. The van der Waals surface area contributed by atoms with Crippen molar-refractivity contribution in [3.63, 3.8) is 0 Å². The van der Waals surface area contributed by atoms with Crippen LogP contribution in [-0.4, -0.2) is 35.2 Å². The number of aromatic amines is 1. The van der Waals surface area contributed by atoms with Crippen molar-refractivity contribution >= 4 is 30.8 Å². The van der Waals surface area contributed by atoms with Crippen molar-refractivity contribution in [2.45, 2.75) is 52.0 Å². The number of esters is 1. The second kappa shape index (κ2) is 15.3. The summed E-state index contributed by atoms with van der Waals surface area (Å²) in [5, 5.41) is 7.02. The highest BCUT2D eigenvalue weighted by Gasteiger charge is 2.28. The van der Waals surface area contributed by atoms with Crippen molar-refractivity contribution in [1.29, 1.82) is 0 Å². The number of hydrogen-bond donors (Lipinski definition) is 3. The number of carbonyl (C=O) groups excluding carboxylic acids is 2. The Kier molecular flexibility index (Phi) is 11.3. The normalized spacial score (nSPS) is 13.5. The van der Waals surface area contributed by atoms with Gasteiger partial charge in [0.05, 0.1) is 18.9 Å². The first-order valence-electron chi connectivity index (χ1n) is 13.9. The maximum atomic E-state index is 13.5. The second-order valence-corrected chi connectivity index (χ2v) is 11.8. The number of amides is 1. The number of benzene rings is 3. The van der Waals surface area contributed by atoms with Crippen molar-refractivity contribution in [2.24, 2.45) is 5.92 Å². The van der Waals surface area contributed by atoms with E-state index in [1.165, 1.54) is 0 Å². The first kappa shape index (κ1) is 30.3. The molecule has 4 aromatic rings. The number of ether oxygens (including phenoxy) is 1. The molecule has 0 radical (unpaired) electrons. The van der Waals surface area contributed by atoms with E-state index in [0.29, 0.717) is 6.42 Å². The molecule has 0 saturated carbocycles. The minimum absolute atomic E-state index is 0.0495. The van der Waals surface area contributed by atoms with Crippen LogP contribution in [0.4, 0.5) is 0 Å². The number of hydrogen-bond acceptors (Lipinski definition) is 6. The van der Waals surface area contributed by atoms with Gasteiger partial charge in [-0.25, -0.2) is 4.79 Å². The third-order valence-corrected chi connectivity index (χ3v) is 7.64. The second-order valence-electron chi connectivity index (χ2n) is 10.4. The van der Waals surface area contributed by atoms with E-state index >= 15 is 0 Å². The molecule has 8 nitrogen and oxygen atoms in total. The van der Waals surface area contributed by atoms with Crippen molar-refractivity contribution in [3.05, 3.63) is 108 Å². The van der Waals surface area contributed by atoms with Crippen LogP contribution in [0.3, 0.4) is 0 Å². The van der Waals surface area contributed by atoms with Gasteiger partial charge in [-0.3, -0.25) is 14.7 Å². The summed E-state index contributed by atoms with van der Waals surface area (Å²) < 4.78 is 23.8. The number of fused-ring (bicyclic) bond motifs is 1. The van der Waals surface area contributed by atoms with Crippen LogP contribution in [-0.2, 0) is 43.0 Å². The minimum Gasteiger partial charge on any atom is -0.459 e. The summed E-state index contributed by atoms with van der Waals surface area (Å²) in [5.74, 6) is -0.684. The highest BCUT2D eigenvalue weighted by atomic mass is 31.1. The Hall–Kier alpha value is -3.71. The lowest BCUT2D eigenvalue weighted by molar-refractivity contribution is -0.149. The molecule has 0 aliphatic heterocycles. The summed E-state index contributed by atoms with van der Waals surface area (Å²) in [6.45, 7) is 4.36. The molecule has 216 valence electrons. The van der Waals surface area contributed by atoms with Crippen molar-refractivity contribution < 1.29 is 23.4 Å². The number of nitrogens with one attached hydrogen (secondary N) is 3. The van der Waals surface area contributed by atoms with E-state index in [9.17, 15) is 14.2 Å². The maximum Gasteiger partial charge on any atom is 0.329 e. The Balaban J connectivity index is 1.43. The van der Waals surface area contributed by atoms with Gasteiger partial charge in [-0.05, 0) is 35.1 Å². The van der Waals surface area contributed by atoms with Crippen LogP contribution in [0.2, 0.25) is 0 Å². The SMILES string of the molecule is CC(C)CC(NC[PH](=O)OCc1ccccc1)C(=O)NC(Cc1c[nH]c2ccccc12)C(=O)OCc1ccccc1. The molecule has 0 spiro atoms. The Bertz CT molecular complexity index is 1430. The van der Waals surface area contributed by atoms with Gasteiger partial charge in [-0.1, -0.05) is 92.7 Å². The van der Waals surface area contributed by atoms with Crippen LogP contribution in [0.5, 0.6) is 0 Å². The predicted molar refractivity (Wildman–Crippen MR) is 162 cm³/mol. The number of rotatable bonds is 15. The van der Waals surface area contributed by atoms with E-state index < -0.39 is 26.1 Å².